The Balaban J connectivity index is 2.71. The second-order valence-electron chi connectivity index (χ2n) is 2.61. The summed E-state index contributed by atoms with van der Waals surface area (Å²) < 4.78 is 4.44. The van der Waals surface area contributed by atoms with Crippen molar-refractivity contribution in [2.75, 3.05) is 7.11 Å². The van der Waals surface area contributed by atoms with Crippen LogP contribution in [0.2, 0.25) is 0 Å². The van der Waals surface area contributed by atoms with Crippen molar-refractivity contribution in [2.45, 2.75) is 19.4 Å². The largest absolute Gasteiger partial charge is 0.466 e. The van der Waals surface area contributed by atoms with Crippen LogP contribution in [0.3, 0.4) is 0 Å². The molecule has 1 atom stereocenters. The standard InChI is InChI=1S/C9H12O3/c1-3-6-4-8(10)7(6)5-9(11)12-2/h4-5,8,10H,3H2,1-2H3/b7-5-. The molecule has 0 saturated heterocycles. The van der Waals surface area contributed by atoms with E-state index in [2.05, 4.69) is 4.74 Å². The quantitative estimate of drug-likeness (QED) is 0.490. The summed E-state index contributed by atoms with van der Waals surface area (Å²) in [4.78, 5) is 10.8. The predicted molar refractivity (Wildman–Crippen MR) is 44.5 cm³/mol. The Kier molecular flexibility index (Phi) is 2.65. The predicted octanol–water partition coefficient (Wildman–Crippen LogP) is 0.797. The fourth-order valence-corrected chi connectivity index (χ4v) is 1.16. The van der Waals surface area contributed by atoms with E-state index in [0.29, 0.717) is 5.57 Å². The fraction of sp³-hybridized carbons (Fsp3) is 0.444. The average Bonchev–Trinajstić information content (AvgIpc) is 2.09. The molecule has 0 aromatic rings. The third kappa shape index (κ3) is 1.56. The number of ether oxygens (including phenoxy) is 1. The van der Waals surface area contributed by atoms with Crippen molar-refractivity contribution < 1.29 is 14.6 Å². The normalized spacial score (nSPS) is 24.8. The van der Waals surface area contributed by atoms with Gasteiger partial charge < -0.3 is 9.84 Å². The molecule has 1 N–H and O–H groups in total. The summed E-state index contributed by atoms with van der Waals surface area (Å²) in [5.41, 5.74) is 1.71. The lowest BCUT2D eigenvalue weighted by atomic mass is 9.86. The van der Waals surface area contributed by atoms with E-state index in [-0.39, 0.29) is 0 Å². The lowest BCUT2D eigenvalue weighted by molar-refractivity contribution is -0.134. The number of hydrogen-bond donors (Lipinski definition) is 1. The van der Waals surface area contributed by atoms with E-state index in [4.69, 9.17) is 0 Å². The molecule has 0 aliphatic heterocycles. The summed E-state index contributed by atoms with van der Waals surface area (Å²) in [6, 6.07) is 0. The minimum Gasteiger partial charge on any atom is -0.466 e. The highest BCUT2D eigenvalue weighted by Gasteiger charge is 2.22. The first kappa shape index (κ1) is 9.00. The monoisotopic (exact) mass is 168 g/mol. The van der Waals surface area contributed by atoms with Crippen molar-refractivity contribution in [2.24, 2.45) is 0 Å². The molecule has 1 aliphatic carbocycles. The van der Waals surface area contributed by atoms with Crippen LogP contribution < -0.4 is 0 Å². The number of carbonyl (C=O) groups is 1. The highest BCUT2D eigenvalue weighted by molar-refractivity contribution is 5.84. The molecule has 3 nitrogen and oxygen atoms in total. The van der Waals surface area contributed by atoms with Gasteiger partial charge in [-0.15, -0.1) is 0 Å². The summed E-state index contributed by atoms with van der Waals surface area (Å²) in [6.45, 7) is 1.98. The summed E-state index contributed by atoms with van der Waals surface area (Å²) in [6.07, 6.45) is 3.32. The SMILES string of the molecule is CCC1=CC(O)/C1=C\C(=O)OC. The van der Waals surface area contributed by atoms with E-state index in [0.717, 1.165) is 12.0 Å². The fourth-order valence-electron chi connectivity index (χ4n) is 1.16. The van der Waals surface area contributed by atoms with Gasteiger partial charge >= 0.3 is 5.97 Å². The smallest absolute Gasteiger partial charge is 0.330 e. The lowest BCUT2D eigenvalue weighted by Gasteiger charge is -2.23. The van der Waals surface area contributed by atoms with Gasteiger partial charge in [0.25, 0.3) is 0 Å². The van der Waals surface area contributed by atoms with Crippen molar-refractivity contribution in [3.05, 3.63) is 23.3 Å². The number of carbonyl (C=O) groups excluding carboxylic acids is 1. The second-order valence-corrected chi connectivity index (χ2v) is 2.61. The minimum atomic E-state index is -0.584. The third-order valence-corrected chi connectivity index (χ3v) is 1.90. The van der Waals surface area contributed by atoms with Gasteiger partial charge in [0, 0.05) is 6.08 Å². The van der Waals surface area contributed by atoms with Crippen LogP contribution in [-0.2, 0) is 9.53 Å². The Bertz CT molecular complexity index is 250. The van der Waals surface area contributed by atoms with Crippen LogP contribution in [0.25, 0.3) is 0 Å². The molecule has 1 aliphatic rings. The molecule has 1 rings (SSSR count). The first-order valence-corrected chi connectivity index (χ1v) is 3.87. The van der Waals surface area contributed by atoms with Crippen LogP contribution in [0.15, 0.2) is 23.3 Å². The molecule has 0 aromatic heterocycles. The van der Waals surface area contributed by atoms with Crippen LogP contribution in [0.5, 0.6) is 0 Å². The Hall–Kier alpha value is -1.09. The highest BCUT2D eigenvalue weighted by atomic mass is 16.5. The van der Waals surface area contributed by atoms with Gasteiger partial charge in [0.05, 0.1) is 13.2 Å². The maximum atomic E-state index is 10.8. The third-order valence-electron chi connectivity index (χ3n) is 1.90. The van der Waals surface area contributed by atoms with Gasteiger partial charge in [0.2, 0.25) is 0 Å². The molecule has 0 amide bonds. The molecule has 0 aromatic carbocycles. The number of hydrogen-bond acceptors (Lipinski definition) is 3. The van der Waals surface area contributed by atoms with Gasteiger partial charge in [0.15, 0.2) is 0 Å². The molecular weight excluding hydrogens is 156 g/mol. The van der Waals surface area contributed by atoms with E-state index in [1.54, 1.807) is 6.08 Å². The topological polar surface area (TPSA) is 46.5 Å². The zero-order valence-corrected chi connectivity index (χ0v) is 7.20. The second kappa shape index (κ2) is 3.54. The lowest BCUT2D eigenvalue weighted by Crippen LogP contribution is -2.21. The summed E-state index contributed by atoms with van der Waals surface area (Å²) >= 11 is 0. The van der Waals surface area contributed by atoms with Gasteiger partial charge in [-0.05, 0) is 23.6 Å². The number of rotatable bonds is 2. The van der Waals surface area contributed by atoms with Crippen molar-refractivity contribution in [1.29, 1.82) is 0 Å². The van der Waals surface area contributed by atoms with Crippen molar-refractivity contribution in [1.82, 2.24) is 0 Å². The molecule has 3 heteroatoms. The Morgan fingerprint density at radius 1 is 1.83 bits per heavy atom. The first-order valence-electron chi connectivity index (χ1n) is 3.87. The molecular formula is C9H12O3. The maximum absolute atomic E-state index is 10.8. The van der Waals surface area contributed by atoms with Crippen molar-refractivity contribution >= 4 is 5.97 Å². The van der Waals surface area contributed by atoms with Gasteiger partial charge in [-0.25, -0.2) is 4.79 Å². The first-order chi connectivity index (χ1) is 5.69. The van der Waals surface area contributed by atoms with Crippen molar-refractivity contribution in [3.8, 4) is 0 Å². The van der Waals surface area contributed by atoms with Gasteiger partial charge in [-0.1, -0.05) is 6.92 Å². The van der Waals surface area contributed by atoms with Crippen molar-refractivity contribution in [3.63, 3.8) is 0 Å². The zero-order valence-electron chi connectivity index (χ0n) is 7.20. The number of methoxy groups -OCH3 is 1. The van der Waals surface area contributed by atoms with E-state index in [1.807, 2.05) is 6.92 Å². The van der Waals surface area contributed by atoms with Crippen LogP contribution in [-0.4, -0.2) is 24.3 Å². The molecule has 0 bridgehead atoms. The maximum Gasteiger partial charge on any atom is 0.330 e. The van der Waals surface area contributed by atoms with E-state index < -0.39 is 12.1 Å². The highest BCUT2D eigenvalue weighted by Crippen LogP contribution is 2.28. The zero-order chi connectivity index (χ0) is 9.14. The summed E-state index contributed by atoms with van der Waals surface area (Å²) in [5.74, 6) is -0.414. The van der Waals surface area contributed by atoms with E-state index in [9.17, 15) is 9.90 Å². The van der Waals surface area contributed by atoms with E-state index in [1.165, 1.54) is 13.2 Å². The van der Waals surface area contributed by atoms with E-state index >= 15 is 0 Å². The minimum absolute atomic E-state index is 0.414. The molecule has 66 valence electrons. The van der Waals surface area contributed by atoms with Crippen LogP contribution >= 0.6 is 0 Å². The van der Waals surface area contributed by atoms with Crippen LogP contribution in [0.4, 0.5) is 0 Å². The Morgan fingerprint density at radius 3 is 2.92 bits per heavy atom. The number of aliphatic hydroxyl groups is 1. The molecule has 0 heterocycles. The van der Waals surface area contributed by atoms with Gasteiger partial charge in [-0.2, -0.15) is 0 Å². The molecule has 0 radical (unpaired) electrons. The molecule has 12 heavy (non-hydrogen) atoms. The molecule has 1 unspecified atom stereocenters. The van der Waals surface area contributed by atoms with Crippen LogP contribution in [0, 0.1) is 0 Å². The van der Waals surface area contributed by atoms with Gasteiger partial charge in [0.1, 0.15) is 0 Å². The molecule has 0 saturated carbocycles. The number of aliphatic hydroxyl groups excluding tert-OH is 1. The summed E-state index contributed by atoms with van der Waals surface area (Å²) in [7, 11) is 1.32. The molecule has 0 fully saturated rings. The Labute approximate surface area is 71.3 Å². The average molecular weight is 168 g/mol. The molecule has 0 spiro atoms. The number of esters is 1. The van der Waals surface area contributed by atoms with Crippen LogP contribution in [0.1, 0.15) is 13.3 Å². The van der Waals surface area contributed by atoms with Gasteiger partial charge in [-0.3, -0.25) is 0 Å². The summed E-state index contributed by atoms with van der Waals surface area (Å²) in [5, 5.41) is 9.20. The Morgan fingerprint density at radius 2 is 2.50 bits per heavy atom.